The first kappa shape index (κ1) is 28.0. The van der Waals surface area contributed by atoms with Gasteiger partial charge in [-0.15, -0.1) is 0 Å². The van der Waals surface area contributed by atoms with Crippen LogP contribution in [-0.2, 0) is 12.8 Å². The van der Waals surface area contributed by atoms with Crippen LogP contribution < -0.4 is 10.4 Å². The van der Waals surface area contributed by atoms with Crippen LogP contribution in [0.2, 0.25) is 0 Å². The van der Waals surface area contributed by atoms with Gasteiger partial charge < -0.3 is 0 Å². The Labute approximate surface area is 198 Å². The lowest BCUT2D eigenvalue weighted by Crippen LogP contribution is -2.25. The summed E-state index contributed by atoms with van der Waals surface area (Å²) < 4.78 is 0. The van der Waals surface area contributed by atoms with E-state index in [4.69, 9.17) is 0 Å². The highest BCUT2D eigenvalue weighted by molar-refractivity contribution is 6.03. The topological polar surface area (TPSA) is 0 Å². The van der Waals surface area contributed by atoms with Crippen LogP contribution in [0.4, 0.5) is 0 Å². The SMILES string of the molecule is C=c1c(CC)c(C(C)C(C)C)c(=C)c2cc3c(C)c(CC)c(C)c(C)c3cc12.CC.CC. The van der Waals surface area contributed by atoms with Crippen molar-refractivity contribution in [2.45, 2.75) is 102 Å². The van der Waals surface area contributed by atoms with Gasteiger partial charge in [0.15, 0.2) is 0 Å². The fourth-order valence-electron chi connectivity index (χ4n) is 5.06. The zero-order valence-corrected chi connectivity index (χ0v) is 23.1. The third kappa shape index (κ3) is 4.66. The lowest BCUT2D eigenvalue weighted by molar-refractivity contribution is 0.530. The average molecular weight is 433 g/mol. The number of hydrogen-bond donors (Lipinski definition) is 0. The van der Waals surface area contributed by atoms with Crippen molar-refractivity contribution < 1.29 is 0 Å². The Kier molecular flexibility index (Phi) is 10.2. The molecule has 0 aromatic heterocycles. The molecule has 176 valence electrons. The van der Waals surface area contributed by atoms with Crippen molar-refractivity contribution in [3.63, 3.8) is 0 Å². The van der Waals surface area contributed by atoms with Gasteiger partial charge in [-0.3, -0.25) is 0 Å². The molecule has 0 bridgehead atoms. The predicted molar refractivity (Wildman–Crippen MR) is 151 cm³/mol. The van der Waals surface area contributed by atoms with E-state index in [9.17, 15) is 0 Å². The van der Waals surface area contributed by atoms with Crippen molar-refractivity contribution in [2.24, 2.45) is 5.92 Å². The largest absolute Gasteiger partial charge is 0.0908 e. The molecule has 0 saturated heterocycles. The number of aryl methyl sites for hydroxylation is 2. The normalized spacial score (nSPS) is 11.8. The Morgan fingerprint density at radius 1 is 0.625 bits per heavy atom. The summed E-state index contributed by atoms with van der Waals surface area (Å²) in [5.74, 6) is 1.07. The third-order valence-electron chi connectivity index (χ3n) is 7.26. The zero-order chi connectivity index (χ0) is 24.9. The third-order valence-corrected chi connectivity index (χ3v) is 7.26. The fraction of sp³-hybridized carbons (Fsp3) is 0.500. The highest BCUT2D eigenvalue weighted by atomic mass is 14.2. The molecule has 0 amide bonds. The molecule has 0 spiro atoms. The van der Waals surface area contributed by atoms with Crippen LogP contribution in [0, 0.1) is 26.7 Å². The first-order valence-electron chi connectivity index (χ1n) is 12.8. The van der Waals surface area contributed by atoms with Gasteiger partial charge in [-0.25, -0.2) is 0 Å². The molecule has 0 fully saturated rings. The summed E-state index contributed by atoms with van der Waals surface area (Å²) in [6.45, 7) is 35.4. The summed E-state index contributed by atoms with van der Waals surface area (Å²) in [6, 6.07) is 4.79. The van der Waals surface area contributed by atoms with Crippen molar-refractivity contribution in [1.82, 2.24) is 0 Å². The molecule has 0 aliphatic rings. The Hall–Kier alpha value is -2.08. The highest BCUT2D eigenvalue weighted by Gasteiger charge is 2.19. The Morgan fingerprint density at radius 2 is 1.06 bits per heavy atom. The van der Waals surface area contributed by atoms with Crippen LogP contribution in [0.25, 0.3) is 34.7 Å². The van der Waals surface area contributed by atoms with E-state index in [0.29, 0.717) is 11.8 Å². The number of rotatable bonds is 4. The first-order valence-corrected chi connectivity index (χ1v) is 12.8. The van der Waals surface area contributed by atoms with E-state index in [1.165, 1.54) is 65.4 Å². The maximum absolute atomic E-state index is 4.59. The molecular formula is C32H48. The van der Waals surface area contributed by atoms with Gasteiger partial charge in [0, 0.05) is 0 Å². The minimum absolute atomic E-state index is 0.482. The van der Waals surface area contributed by atoms with Gasteiger partial charge in [0.05, 0.1) is 0 Å². The molecule has 1 unspecified atom stereocenters. The van der Waals surface area contributed by atoms with Gasteiger partial charge >= 0.3 is 0 Å². The molecule has 0 heterocycles. The Morgan fingerprint density at radius 3 is 1.50 bits per heavy atom. The summed E-state index contributed by atoms with van der Waals surface area (Å²) in [5, 5.41) is 7.72. The second-order valence-corrected chi connectivity index (χ2v) is 8.89. The minimum atomic E-state index is 0.482. The van der Waals surface area contributed by atoms with E-state index in [0.717, 1.165) is 12.8 Å². The van der Waals surface area contributed by atoms with Crippen molar-refractivity contribution in [3.8, 4) is 0 Å². The molecule has 0 nitrogen and oxygen atoms in total. The van der Waals surface area contributed by atoms with Gasteiger partial charge in [-0.1, -0.05) is 75.5 Å². The molecule has 3 rings (SSSR count). The first-order chi connectivity index (χ1) is 15.1. The predicted octanol–water partition coefficient (Wildman–Crippen LogP) is 8.68. The molecule has 0 saturated carbocycles. The summed E-state index contributed by atoms with van der Waals surface area (Å²) >= 11 is 0. The van der Waals surface area contributed by atoms with Crippen LogP contribution in [0.3, 0.4) is 0 Å². The molecule has 0 aliphatic heterocycles. The van der Waals surface area contributed by atoms with Gasteiger partial charge in [-0.2, -0.15) is 0 Å². The maximum Gasteiger partial charge on any atom is -0.0102 e. The van der Waals surface area contributed by atoms with Crippen molar-refractivity contribution >= 4 is 34.7 Å². The summed E-state index contributed by atoms with van der Waals surface area (Å²) in [5.41, 5.74) is 8.58. The number of benzene rings is 3. The quantitative estimate of drug-likeness (QED) is 0.362. The number of fused-ring (bicyclic) bond motifs is 2. The van der Waals surface area contributed by atoms with Crippen molar-refractivity contribution in [2.75, 3.05) is 0 Å². The summed E-state index contributed by atoms with van der Waals surface area (Å²) in [6.07, 6.45) is 2.09. The molecule has 0 N–H and O–H groups in total. The van der Waals surface area contributed by atoms with Crippen LogP contribution in [-0.4, -0.2) is 0 Å². The van der Waals surface area contributed by atoms with Crippen LogP contribution >= 0.6 is 0 Å². The van der Waals surface area contributed by atoms with Gasteiger partial charge in [0.1, 0.15) is 0 Å². The van der Waals surface area contributed by atoms with Crippen LogP contribution in [0.15, 0.2) is 12.1 Å². The molecular weight excluding hydrogens is 384 g/mol. The monoisotopic (exact) mass is 432 g/mol. The second-order valence-electron chi connectivity index (χ2n) is 8.89. The Balaban J connectivity index is 0.00000121. The van der Waals surface area contributed by atoms with Gasteiger partial charge in [-0.05, 0) is 123 Å². The van der Waals surface area contributed by atoms with E-state index in [-0.39, 0.29) is 0 Å². The molecule has 32 heavy (non-hydrogen) atoms. The zero-order valence-electron chi connectivity index (χ0n) is 23.1. The maximum atomic E-state index is 4.59. The molecule has 0 heteroatoms. The molecule has 1 atom stereocenters. The van der Waals surface area contributed by atoms with Gasteiger partial charge in [0.25, 0.3) is 0 Å². The smallest absolute Gasteiger partial charge is 0.0102 e. The highest BCUT2D eigenvalue weighted by Crippen LogP contribution is 2.33. The van der Waals surface area contributed by atoms with E-state index in [2.05, 4.69) is 80.7 Å². The average Bonchev–Trinajstić information content (AvgIpc) is 2.81. The van der Waals surface area contributed by atoms with Crippen LogP contribution in [0.5, 0.6) is 0 Å². The minimum Gasteiger partial charge on any atom is -0.0908 e. The van der Waals surface area contributed by atoms with E-state index < -0.39 is 0 Å². The fourth-order valence-corrected chi connectivity index (χ4v) is 5.06. The van der Waals surface area contributed by atoms with Crippen LogP contribution in [0.1, 0.15) is 102 Å². The molecule has 3 aromatic carbocycles. The van der Waals surface area contributed by atoms with Crippen molar-refractivity contribution in [3.05, 3.63) is 56.0 Å². The van der Waals surface area contributed by atoms with Crippen molar-refractivity contribution in [1.29, 1.82) is 0 Å². The lowest BCUT2D eigenvalue weighted by atomic mass is 9.81. The standard InChI is InChI=1S/C28H36.2C2H6/c1-11-22-17(6)18(7)24-13-26-20(9)23(12-2)28(16(5)15(3)4)21(10)27(26)14-25(24)19(22)8;2*1-2/h13-16H,9-12H2,1-8H3;2*1-2H3. The summed E-state index contributed by atoms with van der Waals surface area (Å²) in [4.78, 5) is 0. The molecule has 0 aliphatic carbocycles. The summed E-state index contributed by atoms with van der Waals surface area (Å²) in [7, 11) is 0. The molecule has 3 aromatic rings. The van der Waals surface area contributed by atoms with E-state index in [1.54, 1.807) is 0 Å². The Bertz CT molecular complexity index is 1180. The van der Waals surface area contributed by atoms with E-state index in [1.807, 2.05) is 27.7 Å². The van der Waals surface area contributed by atoms with Gasteiger partial charge in [0.2, 0.25) is 0 Å². The second kappa shape index (κ2) is 11.7. The molecule has 0 radical (unpaired) electrons. The number of hydrogen-bond acceptors (Lipinski definition) is 0. The lowest BCUT2D eigenvalue weighted by Gasteiger charge is -2.23. The van der Waals surface area contributed by atoms with E-state index >= 15 is 0 Å².